The van der Waals surface area contributed by atoms with Gasteiger partial charge in [-0.25, -0.2) is 4.98 Å². The van der Waals surface area contributed by atoms with Crippen molar-refractivity contribution < 1.29 is 15.3 Å². The Morgan fingerprint density at radius 3 is 2.60 bits per heavy atom. The first kappa shape index (κ1) is 9.47. The van der Waals surface area contributed by atoms with Crippen LogP contribution >= 0.6 is 0 Å². The van der Waals surface area contributed by atoms with Crippen LogP contribution in [0.15, 0.2) is 16.9 Å². The fourth-order valence-electron chi connectivity index (χ4n) is 1.34. The lowest BCUT2D eigenvalue weighted by Gasteiger charge is -2.03. The maximum atomic E-state index is 11.5. The standard InChI is InChI=1S/C9H8N2O4/c12-3-6-10-8-5(14)2-1-4(13)7(8)9(15)11-6/h1-2,12-14H,3H2,(H,10,11,15). The highest BCUT2D eigenvalue weighted by molar-refractivity contribution is 5.88. The van der Waals surface area contributed by atoms with Crippen molar-refractivity contribution in [3.8, 4) is 11.5 Å². The van der Waals surface area contributed by atoms with Crippen LogP contribution in [0.2, 0.25) is 0 Å². The summed E-state index contributed by atoms with van der Waals surface area (Å²) in [6.45, 7) is -0.444. The zero-order valence-electron chi connectivity index (χ0n) is 7.56. The lowest BCUT2D eigenvalue weighted by Crippen LogP contribution is -2.12. The van der Waals surface area contributed by atoms with E-state index < -0.39 is 12.2 Å². The molecule has 78 valence electrons. The van der Waals surface area contributed by atoms with E-state index in [-0.39, 0.29) is 28.2 Å². The Morgan fingerprint density at radius 2 is 1.93 bits per heavy atom. The molecule has 0 atom stereocenters. The Morgan fingerprint density at radius 1 is 1.27 bits per heavy atom. The van der Waals surface area contributed by atoms with Gasteiger partial charge in [-0.3, -0.25) is 4.79 Å². The zero-order valence-corrected chi connectivity index (χ0v) is 7.56. The fourth-order valence-corrected chi connectivity index (χ4v) is 1.34. The maximum Gasteiger partial charge on any atom is 0.262 e. The van der Waals surface area contributed by atoms with Crippen LogP contribution in [0.4, 0.5) is 0 Å². The van der Waals surface area contributed by atoms with Gasteiger partial charge in [0.1, 0.15) is 34.8 Å². The summed E-state index contributed by atoms with van der Waals surface area (Å²) in [6, 6.07) is 2.43. The minimum atomic E-state index is -0.600. The number of aromatic amines is 1. The third-order valence-corrected chi connectivity index (χ3v) is 2.02. The summed E-state index contributed by atoms with van der Waals surface area (Å²) in [4.78, 5) is 17.5. The summed E-state index contributed by atoms with van der Waals surface area (Å²) in [7, 11) is 0. The minimum absolute atomic E-state index is 0.0252. The molecule has 1 aromatic heterocycles. The van der Waals surface area contributed by atoms with E-state index in [9.17, 15) is 15.0 Å². The molecule has 0 saturated heterocycles. The molecule has 4 N–H and O–H groups in total. The Kier molecular flexibility index (Phi) is 2.05. The highest BCUT2D eigenvalue weighted by Crippen LogP contribution is 2.26. The largest absolute Gasteiger partial charge is 0.507 e. The summed E-state index contributed by atoms with van der Waals surface area (Å²) in [6.07, 6.45) is 0. The number of aromatic nitrogens is 2. The monoisotopic (exact) mass is 208 g/mol. The van der Waals surface area contributed by atoms with E-state index in [2.05, 4.69) is 9.97 Å². The summed E-state index contributed by atoms with van der Waals surface area (Å²) in [5.41, 5.74) is -0.625. The molecule has 0 aliphatic heterocycles. The summed E-state index contributed by atoms with van der Waals surface area (Å²) < 4.78 is 0. The second kappa shape index (κ2) is 3.25. The van der Waals surface area contributed by atoms with Crippen molar-refractivity contribution in [1.29, 1.82) is 0 Å². The number of nitrogens with one attached hydrogen (secondary N) is 1. The third-order valence-electron chi connectivity index (χ3n) is 2.02. The van der Waals surface area contributed by atoms with E-state index in [4.69, 9.17) is 5.11 Å². The Hall–Kier alpha value is -2.08. The van der Waals surface area contributed by atoms with Gasteiger partial charge in [0.2, 0.25) is 0 Å². The van der Waals surface area contributed by atoms with Crippen molar-refractivity contribution in [2.24, 2.45) is 0 Å². The maximum absolute atomic E-state index is 11.5. The molecule has 0 unspecified atom stereocenters. The normalized spacial score (nSPS) is 10.7. The van der Waals surface area contributed by atoms with Crippen molar-refractivity contribution >= 4 is 10.9 Å². The third kappa shape index (κ3) is 1.40. The van der Waals surface area contributed by atoms with Gasteiger partial charge in [0, 0.05) is 0 Å². The predicted octanol–water partition coefficient (Wildman–Crippen LogP) is -0.173. The molecule has 0 radical (unpaired) electrons. The van der Waals surface area contributed by atoms with Crippen LogP contribution < -0.4 is 5.56 Å². The van der Waals surface area contributed by atoms with Gasteiger partial charge in [-0.15, -0.1) is 0 Å². The quantitative estimate of drug-likeness (QED) is 0.486. The number of aliphatic hydroxyl groups is 1. The van der Waals surface area contributed by atoms with Crippen molar-refractivity contribution in [2.45, 2.75) is 6.61 Å². The number of benzene rings is 1. The zero-order chi connectivity index (χ0) is 11.0. The van der Waals surface area contributed by atoms with Crippen LogP contribution in [0, 0.1) is 0 Å². The molecule has 0 fully saturated rings. The lowest BCUT2D eigenvalue weighted by molar-refractivity contribution is 0.271. The number of phenolic OH excluding ortho intramolecular Hbond substituents is 2. The molecule has 6 nitrogen and oxygen atoms in total. The topological polar surface area (TPSA) is 106 Å². The average molecular weight is 208 g/mol. The van der Waals surface area contributed by atoms with Crippen LogP contribution in [0.3, 0.4) is 0 Å². The van der Waals surface area contributed by atoms with Gasteiger partial charge in [-0.2, -0.15) is 0 Å². The predicted molar refractivity (Wildman–Crippen MR) is 51.6 cm³/mol. The van der Waals surface area contributed by atoms with Crippen LogP contribution in [0.5, 0.6) is 11.5 Å². The van der Waals surface area contributed by atoms with Crippen molar-refractivity contribution in [3.05, 3.63) is 28.3 Å². The van der Waals surface area contributed by atoms with Gasteiger partial charge in [0.15, 0.2) is 0 Å². The number of aliphatic hydroxyl groups excluding tert-OH is 1. The Balaban J connectivity index is 2.97. The number of hydrogen-bond donors (Lipinski definition) is 4. The Labute approximate surface area is 83.5 Å². The Bertz CT molecular complexity index is 576. The molecule has 0 saturated carbocycles. The van der Waals surface area contributed by atoms with Crippen molar-refractivity contribution in [2.75, 3.05) is 0 Å². The van der Waals surface area contributed by atoms with Crippen LogP contribution in [0.25, 0.3) is 10.9 Å². The van der Waals surface area contributed by atoms with Crippen molar-refractivity contribution in [1.82, 2.24) is 9.97 Å². The molecule has 2 aromatic rings. The van der Waals surface area contributed by atoms with Crippen LogP contribution in [-0.2, 0) is 6.61 Å². The molecule has 1 heterocycles. The number of fused-ring (bicyclic) bond motifs is 1. The first-order valence-electron chi connectivity index (χ1n) is 4.18. The number of rotatable bonds is 1. The minimum Gasteiger partial charge on any atom is -0.507 e. The van der Waals surface area contributed by atoms with Crippen LogP contribution in [-0.4, -0.2) is 25.3 Å². The summed E-state index contributed by atoms with van der Waals surface area (Å²) >= 11 is 0. The summed E-state index contributed by atoms with van der Waals surface area (Å²) in [5.74, 6) is -0.446. The van der Waals surface area contributed by atoms with E-state index in [1.54, 1.807) is 0 Å². The molecule has 0 bridgehead atoms. The van der Waals surface area contributed by atoms with Crippen LogP contribution in [0.1, 0.15) is 5.82 Å². The fraction of sp³-hybridized carbons (Fsp3) is 0.111. The average Bonchev–Trinajstić information content (AvgIpc) is 2.23. The molecule has 0 spiro atoms. The van der Waals surface area contributed by atoms with E-state index in [1.165, 1.54) is 12.1 Å². The molecule has 0 amide bonds. The SMILES string of the molecule is O=c1[nH]c(CO)nc2c(O)ccc(O)c12. The first-order valence-corrected chi connectivity index (χ1v) is 4.18. The van der Waals surface area contributed by atoms with Gasteiger partial charge < -0.3 is 20.3 Å². The second-order valence-electron chi connectivity index (χ2n) is 3.00. The second-order valence-corrected chi connectivity index (χ2v) is 3.00. The molecule has 0 aliphatic carbocycles. The lowest BCUT2D eigenvalue weighted by atomic mass is 10.2. The molecule has 2 rings (SSSR count). The molecule has 0 aliphatic rings. The van der Waals surface area contributed by atoms with E-state index in [0.717, 1.165) is 0 Å². The number of nitrogens with zero attached hydrogens (tertiary/aromatic N) is 1. The van der Waals surface area contributed by atoms with Gasteiger partial charge in [0.25, 0.3) is 5.56 Å². The molecular weight excluding hydrogens is 200 g/mol. The van der Waals surface area contributed by atoms with Crippen molar-refractivity contribution in [3.63, 3.8) is 0 Å². The number of hydrogen-bond acceptors (Lipinski definition) is 5. The summed E-state index contributed by atoms with van der Waals surface area (Å²) in [5, 5.41) is 27.6. The molecule has 6 heteroatoms. The number of phenols is 2. The molecule has 15 heavy (non-hydrogen) atoms. The van der Waals surface area contributed by atoms with Gasteiger partial charge in [-0.05, 0) is 12.1 Å². The van der Waals surface area contributed by atoms with E-state index >= 15 is 0 Å². The number of H-pyrrole nitrogens is 1. The highest BCUT2D eigenvalue weighted by Gasteiger charge is 2.11. The van der Waals surface area contributed by atoms with E-state index in [1.807, 2.05) is 0 Å². The van der Waals surface area contributed by atoms with Gasteiger partial charge >= 0.3 is 0 Å². The van der Waals surface area contributed by atoms with Gasteiger partial charge in [0.05, 0.1) is 0 Å². The highest BCUT2D eigenvalue weighted by atomic mass is 16.3. The number of aromatic hydroxyl groups is 2. The first-order chi connectivity index (χ1) is 7.13. The van der Waals surface area contributed by atoms with Gasteiger partial charge in [-0.1, -0.05) is 0 Å². The molecule has 1 aromatic carbocycles. The molecular formula is C9H8N2O4. The smallest absolute Gasteiger partial charge is 0.262 e. The van der Waals surface area contributed by atoms with E-state index in [0.29, 0.717) is 0 Å².